The second-order valence-corrected chi connectivity index (χ2v) is 8.18. The minimum atomic E-state index is -0.212. The topological polar surface area (TPSA) is 97.0 Å². The number of nitrogens with zero attached hydrogens (tertiary/aromatic N) is 5. The Balaban J connectivity index is 1.37. The fourth-order valence-electron chi connectivity index (χ4n) is 4.83. The lowest BCUT2D eigenvalue weighted by Crippen LogP contribution is -2.47. The van der Waals surface area contributed by atoms with Gasteiger partial charge in [0.1, 0.15) is 17.3 Å². The van der Waals surface area contributed by atoms with Crippen LogP contribution in [0.25, 0.3) is 11.5 Å². The van der Waals surface area contributed by atoms with Gasteiger partial charge in [0.25, 0.3) is 0 Å². The van der Waals surface area contributed by atoms with Gasteiger partial charge in [-0.3, -0.25) is 4.79 Å². The van der Waals surface area contributed by atoms with Gasteiger partial charge in [-0.25, -0.2) is 9.97 Å². The summed E-state index contributed by atoms with van der Waals surface area (Å²) in [6.45, 7) is 5.94. The Hall–Kier alpha value is -2.35. The average Bonchev–Trinajstić information content (AvgIpc) is 3.21. The van der Waals surface area contributed by atoms with Crippen molar-refractivity contribution in [1.29, 1.82) is 0 Å². The predicted octanol–water partition coefficient (Wildman–Crippen LogP) is 1.58. The van der Waals surface area contributed by atoms with Gasteiger partial charge in [0.05, 0.1) is 17.8 Å². The van der Waals surface area contributed by atoms with Crippen molar-refractivity contribution >= 4 is 11.6 Å². The lowest BCUT2D eigenvalue weighted by atomic mass is 9.56. The van der Waals surface area contributed by atoms with Gasteiger partial charge in [-0.15, -0.1) is 0 Å². The third-order valence-electron chi connectivity index (χ3n) is 6.56. The maximum absolute atomic E-state index is 12.1. The fraction of sp³-hybridized carbons (Fsp3) is 0.632. The van der Waals surface area contributed by atoms with Crippen LogP contribution in [0, 0.1) is 11.8 Å². The molecule has 0 radical (unpaired) electrons. The van der Waals surface area contributed by atoms with Crippen LogP contribution in [-0.2, 0) is 10.2 Å². The highest BCUT2D eigenvalue weighted by molar-refractivity contribution is 5.83. The van der Waals surface area contributed by atoms with Crippen molar-refractivity contribution in [2.75, 3.05) is 31.1 Å². The van der Waals surface area contributed by atoms with E-state index in [1.165, 1.54) is 0 Å². The predicted molar refractivity (Wildman–Crippen MR) is 98.2 cm³/mol. The van der Waals surface area contributed by atoms with Crippen molar-refractivity contribution in [3.05, 3.63) is 18.3 Å². The largest absolute Gasteiger partial charge is 0.353 e. The Morgan fingerprint density at radius 3 is 2.74 bits per heavy atom. The van der Waals surface area contributed by atoms with E-state index in [1.807, 2.05) is 0 Å². The van der Waals surface area contributed by atoms with E-state index in [1.54, 1.807) is 12.4 Å². The first-order chi connectivity index (χ1) is 13.1. The first-order valence-electron chi connectivity index (χ1n) is 9.78. The molecule has 4 aliphatic rings. The summed E-state index contributed by atoms with van der Waals surface area (Å²) in [5.74, 6) is 2.82. The van der Waals surface area contributed by atoms with Gasteiger partial charge >= 0.3 is 0 Å². The summed E-state index contributed by atoms with van der Waals surface area (Å²) in [6, 6.07) is 0. The molecule has 3 saturated carbocycles. The normalized spacial score (nSPS) is 30.7. The van der Waals surface area contributed by atoms with Crippen LogP contribution in [0.4, 0.5) is 5.82 Å². The monoisotopic (exact) mass is 368 g/mol. The second kappa shape index (κ2) is 6.37. The van der Waals surface area contributed by atoms with E-state index in [-0.39, 0.29) is 11.3 Å². The van der Waals surface area contributed by atoms with Gasteiger partial charge in [0.15, 0.2) is 0 Å². The minimum Gasteiger partial charge on any atom is -0.353 e. The highest BCUT2D eigenvalue weighted by Crippen LogP contribution is 2.51. The zero-order chi connectivity index (χ0) is 18.4. The number of carbonyl (C=O) groups is 1. The Morgan fingerprint density at radius 1 is 1.22 bits per heavy atom. The average molecular weight is 368 g/mol. The van der Waals surface area contributed by atoms with E-state index in [4.69, 9.17) is 4.52 Å². The molecule has 2 bridgehead atoms. The van der Waals surface area contributed by atoms with Crippen molar-refractivity contribution < 1.29 is 9.32 Å². The van der Waals surface area contributed by atoms with Crippen molar-refractivity contribution in [2.24, 2.45) is 11.8 Å². The Kier molecular flexibility index (Phi) is 3.96. The Labute approximate surface area is 157 Å². The summed E-state index contributed by atoms with van der Waals surface area (Å²) in [5.41, 5.74) is 0.403. The number of anilines is 1. The van der Waals surface area contributed by atoms with Gasteiger partial charge in [-0.2, -0.15) is 4.98 Å². The molecule has 3 heterocycles. The lowest BCUT2D eigenvalue weighted by Gasteiger charge is -2.46. The van der Waals surface area contributed by atoms with Crippen LogP contribution in [0.3, 0.4) is 0 Å². The lowest BCUT2D eigenvalue weighted by molar-refractivity contribution is -0.133. The van der Waals surface area contributed by atoms with E-state index >= 15 is 0 Å². The van der Waals surface area contributed by atoms with Gasteiger partial charge in [-0.05, 0) is 25.2 Å². The van der Waals surface area contributed by atoms with Crippen LogP contribution in [-0.4, -0.2) is 52.1 Å². The Morgan fingerprint density at radius 2 is 2.07 bits per heavy atom. The van der Waals surface area contributed by atoms with Crippen LogP contribution in [0.15, 0.2) is 16.9 Å². The van der Waals surface area contributed by atoms with E-state index in [0.717, 1.165) is 51.3 Å². The molecule has 27 heavy (non-hydrogen) atoms. The van der Waals surface area contributed by atoms with Crippen LogP contribution in [0.2, 0.25) is 0 Å². The molecule has 2 aromatic heterocycles. The van der Waals surface area contributed by atoms with E-state index < -0.39 is 0 Å². The first kappa shape index (κ1) is 16.8. The molecular weight excluding hydrogens is 344 g/mol. The third kappa shape index (κ3) is 2.82. The first-order valence-corrected chi connectivity index (χ1v) is 9.78. The number of fused-ring (bicyclic) bond motifs is 3. The molecule has 1 saturated heterocycles. The molecule has 4 fully saturated rings. The molecule has 3 aliphatic carbocycles. The molecule has 0 spiro atoms. The molecule has 6 rings (SSSR count). The number of carbonyl (C=O) groups excluding carboxylic acids is 1. The van der Waals surface area contributed by atoms with Crippen molar-refractivity contribution in [2.45, 2.75) is 38.0 Å². The number of piperazine rings is 1. The number of ketones is 1. The molecule has 142 valence electrons. The molecule has 0 amide bonds. The van der Waals surface area contributed by atoms with Crippen LogP contribution < -0.4 is 10.2 Å². The van der Waals surface area contributed by atoms with Crippen molar-refractivity contribution in [1.82, 2.24) is 25.4 Å². The number of nitrogens with one attached hydrogen (secondary N) is 1. The summed E-state index contributed by atoms with van der Waals surface area (Å²) < 4.78 is 5.64. The summed E-state index contributed by atoms with van der Waals surface area (Å²) >= 11 is 0. The number of Topliss-reactive ketones (excluding diaryl/α,β-unsaturated/α-hetero) is 1. The molecular formula is C19H24N6O2. The maximum Gasteiger partial charge on any atom is 0.233 e. The summed E-state index contributed by atoms with van der Waals surface area (Å²) in [7, 11) is 0. The number of rotatable bonds is 3. The Bertz CT molecular complexity index is 844. The zero-order valence-corrected chi connectivity index (χ0v) is 15.5. The van der Waals surface area contributed by atoms with E-state index in [2.05, 4.69) is 37.2 Å². The third-order valence-corrected chi connectivity index (χ3v) is 6.56. The summed E-state index contributed by atoms with van der Waals surface area (Å²) in [4.78, 5) is 28.0. The molecule has 8 nitrogen and oxygen atoms in total. The molecule has 8 heteroatoms. The fourth-order valence-corrected chi connectivity index (χ4v) is 4.83. The van der Waals surface area contributed by atoms with Crippen LogP contribution in [0.1, 0.15) is 38.5 Å². The SMILES string of the molecule is C[C@]1(c2nc(-c3cnc(N4CCNCC4)cn3)no2)C[C@@H]2CC[C@H]1CC2=O. The summed E-state index contributed by atoms with van der Waals surface area (Å²) in [6.07, 6.45) is 7.00. The van der Waals surface area contributed by atoms with Gasteiger partial charge in [-0.1, -0.05) is 12.1 Å². The van der Waals surface area contributed by atoms with E-state index in [9.17, 15) is 4.79 Å². The molecule has 2 aromatic rings. The molecule has 0 aromatic carbocycles. The van der Waals surface area contributed by atoms with Gasteiger partial charge < -0.3 is 14.7 Å². The van der Waals surface area contributed by atoms with Crippen LogP contribution >= 0.6 is 0 Å². The highest BCUT2D eigenvalue weighted by Gasteiger charge is 2.52. The molecule has 3 atom stereocenters. The molecule has 0 unspecified atom stereocenters. The second-order valence-electron chi connectivity index (χ2n) is 8.18. The van der Waals surface area contributed by atoms with Crippen LogP contribution in [0.5, 0.6) is 0 Å². The summed E-state index contributed by atoms with van der Waals surface area (Å²) in [5, 5.41) is 7.48. The van der Waals surface area contributed by atoms with E-state index in [0.29, 0.717) is 35.5 Å². The molecule has 1 N–H and O–H groups in total. The molecule has 1 aliphatic heterocycles. The highest BCUT2D eigenvalue weighted by atomic mass is 16.5. The smallest absolute Gasteiger partial charge is 0.233 e. The van der Waals surface area contributed by atoms with Crippen molar-refractivity contribution in [3.63, 3.8) is 0 Å². The van der Waals surface area contributed by atoms with Gasteiger partial charge in [0.2, 0.25) is 11.7 Å². The zero-order valence-electron chi connectivity index (χ0n) is 15.5. The number of hydrogen-bond acceptors (Lipinski definition) is 8. The number of hydrogen-bond donors (Lipinski definition) is 1. The minimum absolute atomic E-state index is 0.147. The standard InChI is InChI=1S/C19H24N6O2/c1-19(9-12-2-3-13(19)8-15(12)26)18-23-17(24-27-18)14-10-22-16(11-21-14)25-6-4-20-5-7-25/h10-13,20H,2-9H2,1H3/t12-,13-,19-/m0/s1. The number of aromatic nitrogens is 4. The quantitative estimate of drug-likeness (QED) is 0.872. The van der Waals surface area contributed by atoms with Crippen molar-refractivity contribution in [3.8, 4) is 11.5 Å². The maximum atomic E-state index is 12.1. The van der Waals surface area contributed by atoms with Gasteiger partial charge in [0, 0.05) is 38.5 Å².